The highest BCUT2D eigenvalue weighted by molar-refractivity contribution is 5.87. The van der Waals surface area contributed by atoms with Gasteiger partial charge in [-0.3, -0.25) is 0 Å². The molecule has 1 saturated heterocycles. The maximum absolute atomic E-state index is 11.0. The van der Waals surface area contributed by atoms with Crippen LogP contribution < -0.4 is 0 Å². The average molecular weight is 332 g/mol. The molecule has 2 unspecified atom stereocenters. The summed E-state index contributed by atoms with van der Waals surface area (Å²) in [4.78, 5) is 2.56. The third kappa shape index (κ3) is 3.26. The number of likely N-dealkylation sites (tertiary alicyclic amines) is 1. The molecule has 1 N–H and O–H groups in total. The summed E-state index contributed by atoms with van der Waals surface area (Å²) in [6.45, 7) is 3.49. The number of fused-ring (bicyclic) bond motifs is 3. The van der Waals surface area contributed by atoms with Crippen molar-refractivity contribution in [3.63, 3.8) is 0 Å². The smallest absolute Gasteiger partial charge is 0.0839 e. The Morgan fingerprint density at radius 1 is 1.00 bits per heavy atom. The van der Waals surface area contributed by atoms with Crippen molar-refractivity contribution < 1.29 is 5.11 Å². The Balaban J connectivity index is 0.00000156. The quantitative estimate of drug-likeness (QED) is 0.884. The van der Waals surface area contributed by atoms with Crippen molar-refractivity contribution in [2.45, 2.75) is 38.2 Å². The van der Waals surface area contributed by atoms with Crippen molar-refractivity contribution in [2.24, 2.45) is 5.92 Å². The van der Waals surface area contributed by atoms with Crippen LogP contribution in [0.3, 0.4) is 0 Å². The van der Waals surface area contributed by atoms with Gasteiger partial charge in [0.1, 0.15) is 0 Å². The van der Waals surface area contributed by atoms with Gasteiger partial charge in [-0.25, -0.2) is 0 Å². The fraction of sp³-hybridized carbons (Fsp3) is 0.500. The maximum Gasteiger partial charge on any atom is 0.0839 e. The standard InChI is InChI=1S/C20H25NO.ClH/c22-20-17(14-21-12-4-1-5-13-21)11-10-16-9-8-15-6-2-3-7-18(15)19(16)20;/h2-3,6-9,17,20,22H,1,4-5,10-14H2;1H. The lowest BCUT2D eigenvalue weighted by molar-refractivity contribution is 0.0617. The van der Waals surface area contributed by atoms with Gasteiger partial charge >= 0.3 is 0 Å². The van der Waals surface area contributed by atoms with Gasteiger partial charge in [0.2, 0.25) is 0 Å². The van der Waals surface area contributed by atoms with Crippen LogP contribution in [0.25, 0.3) is 10.8 Å². The van der Waals surface area contributed by atoms with Crippen LogP contribution in [0.4, 0.5) is 0 Å². The molecule has 2 aromatic carbocycles. The number of aryl methyl sites for hydroxylation is 1. The molecule has 23 heavy (non-hydrogen) atoms. The molecule has 124 valence electrons. The van der Waals surface area contributed by atoms with E-state index in [2.05, 4.69) is 41.3 Å². The van der Waals surface area contributed by atoms with Crippen molar-refractivity contribution >= 4 is 23.2 Å². The van der Waals surface area contributed by atoms with Crippen LogP contribution in [0.15, 0.2) is 36.4 Å². The van der Waals surface area contributed by atoms with Gasteiger partial charge in [0.25, 0.3) is 0 Å². The lowest BCUT2D eigenvalue weighted by Crippen LogP contribution is -2.37. The Morgan fingerprint density at radius 2 is 1.78 bits per heavy atom. The first-order valence-electron chi connectivity index (χ1n) is 8.74. The lowest BCUT2D eigenvalue weighted by Gasteiger charge is -2.36. The summed E-state index contributed by atoms with van der Waals surface area (Å²) in [5, 5.41) is 13.5. The predicted octanol–water partition coefficient (Wildman–Crippen LogP) is 4.34. The number of aliphatic hydroxyl groups is 1. The van der Waals surface area contributed by atoms with E-state index in [9.17, 15) is 5.11 Å². The molecule has 1 aliphatic carbocycles. The zero-order valence-corrected chi connectivity index (χ0v) is 14.4. The second-order valence-electron chi connectivity index (χ2n) is 6.96. The Kier molecular flexibility index (Phi) is 5.25. The molecule has 2 aliphatic rings. The van der Waals surface area contributed by atoms with E-state index in [0.29, 0.717) is 5.92 Å². The fourth-order valence-corrected chi connectivity index (χ4v) is 4.31. The molecule has 3 heteroatoms. The number of hydrogen-bond donors (Lipinski definition) is 1. The van der Waals surface area contributed by atoms with Crippen LogP contribution in [0.5, 0.6) is 0 Å². The zero-order valence-electron chi connectivity index (χ0n) is 13.6. The second kappa shape index (κ2) is 7.21. The summed E-state index contributed by atoms with van der Waals surface area (Å²) in [6.07, 6.45) is 5.93. The third-order valence-electron chi connectivity index (χ3n) is 5.53. The van der Waals surface area contributed by atoms with Crippen LogP contribution in [0, 0.1) is 5.92 Å². The molecule has 0 spiro atoms. The molecule has 0 bridgehead atoms. The number of halogens is 1. The molecule has 0 saturated carbocycles. The largest absolute Gasteiger partial charge is 0.388 e. The highest BCUT2D eigenvalue weighted by atomic mass is 35.5. The normalized spacial score (nSPS) is 24.9. The summed E-state index contributed by atoms with van der Waals surface area (Å²) in [5.74, 6) is 0.386. The van der Waals surface area contributed by atoms with Gasteiger partial charge in [-0.05, 0) is 60.7 Å². The number of aliphatic hydroxyl groups excluding tert-OH is 1. The number of nitrogens with zero attached hydrogens (tertiary/aromatic N) is 1. The molecular formula is C20H26ClNO. The third-order valence-corrected chi connectivity index (χ3v) is 5.53. The molecule has 2 aromatic rings. The van der Waals surface area contributed by atoms with Crippen LogP contribution in [0.1, 0.15) is 42.9 Å². The summed E-state index contributed by atoms with van der Waals surface area (Å²) >= 11 is 0. The number of rotatable bonds is 2. The van der Waals surface area contributed by atoms with Crippen LogP contribution in [0.2, 0.25) is 0 Å². The minimum atomic E-state index is -0.309. The van der Waals surface area contributed by atoms with Crippen molar-refractivity contribution in [3.8, 4) is 0 Å². The highest BCUT2D eigenvalue weighted by Gasteiger charge is 2.30. The van der Waals surface area contributed by atoms with Crippen LogP contribution >= 0.6 is 12.4 Å². The molecule has 0 aromatic heterocycles. The van der Waals surface area contributed by atoms with Gasteiger partial charge in [-0.1, -0.05) is 42.8 Å². The minimum Gasteiger partial charge on any atom is -0.388 e. The Labute approximate surface area is 144 Å². The van der Waals surface area contributed by atoms with Gasteiger partial charge in [0, 0.05) is 12.5 Å². The average Bonchev–Trinajstić information content (AvgIpc) is 2.58. The molecule has 1 aliphatic heterocycles. The first-order valence-corrected chi connectivity index (χ1v) is 8.74. The predicted molar refractivity (Wildman–Crippen MR) is 98.3 cm³/mol. The molecule has 1 heterocycles. The molecule has 4 rings (SSSR count). The Hall–Kier alpha value is -1.09. The number of hydrogen-bond acceptors (Lipinski definition) is 2. The van der Waals surface area contributed by atoms with E-state index in [-0.39, 0.29) is 18.5 Å². The van der Waals surface area contributed by atoms with E-state index < -0.39 is 0 Å². The first-order chi connectivity index (χ1) is 10.8. The summed E-state index contributed by atoms with van der Waals surface area (Å²) < 4.78 is 0. The number of benzene rings is 2. The second-order valence-corrected chi connectivity index (χ2v) is 6.96. The van der Waals surface area contributed by atoms with E-state index in [4.69, 9.17) is 0 Å². The van der Waals surface area contributed by atoms with E-state index in [1.54, 1.807) is 0 Å². The van der Waals surface area contributed by atoms with Crippen molar-refractivity contribution in [1.29, 1.82) is 0 Å². The Bertz CT molecular complexity index is 666. The molecule has 0 radical (unpaired) electrons. The van der Waals surface area contributed by atoms with Crippen molar-refractivity contribution in [3.05, 3.63) is 47.5 Å². The highest BCUT2D eigenvalue weighted by Crippen LogP contribution is 2.39. The SMILES string of the molecule is Cl.OC1c2c(ccc3ccccc23)CCC1CN1CCCCC1. The molecular weight excluding hydrogens is 306 g/mol. The van der Waals surface area contributed by atoms with Gasteiger partial charge in [0.05, 0.1) is 6.10 Å². The fourth-order valence-electron chi connectivity index (χ4n) is 4.31. The van der Waals surface area contributed by atoms with E-state index in [1.165, 1.54) is 54.3 Å². The Morgan fingerprint density at radius 3 is 2.61 bits per heavy atom. The van der Waals surface area contributed by atoms with Crippen molar-refractivity contribution in [2.75, 3.05) is 19.6 Å². The molecule has 0 amide bonds. The van der Waals surface area contributed by atoms with E-state index >= 15 is 0 Å². The van der Waals surface area contributed by atoms with Gasteiger partial charge < -0.3 is 10.0 Å². The number of piperidine rings is 1. The first kappa shape index (κ1) is 16.8. The minimum absolute atomic E-state index is 0. The maximum atomic E-state index is 11.0. The lowest BCUT2D eigenvalue weighted by atomic mass is 9.79. The molecule has 1 fully saturated rings. The molecule has 2 nitrogen and oxygen atoms in total. The summed E-state index contributed by atoms with van der Waals surface area (Å²) in [5.41, 5.74) is 2.55. The van der Waals surface area contributed by atoms with Gasteiger partial charge in [-0.2, -0.15) is 0 Å². The topological polar surface area (TPSA) is 23.5 Å². The summed E-state index contributed by atoms with van der Waals surface area (Å²) in [7, 11) is 0. The van der Waals surface area contributed by atoms with E-state index in [1.807, 2.05) is 0 Å². The van der Waals surface area contributed by atoms with Gasteiger partial charge in [0.15, 0.2) is 0 Å². The van der Waals surface area contributed by atoms with Crippen molar-refractivity contribution in [1.82, 2.24) is 4.90 Å². The zero-order chi connectivity index (χ0) is 14.9. The van der Waals surface area contributed by atoms with Crippen LogP contribution in [-0.2, 0) is 6.42 Å². The monoisotopic (exact) mass is 331 g/mol. The van der Waals surface area contributed by atoms with Crippen LogP contribution in [-0.4, -0.2) is 29.6 Å². The molecule has 2 atom stereocenters. The summed E-state index contributed by atoms with van der Waals surface area (Å²) in [6, 6.07) is 12.9. The van der Waals surface area contributed by atoms with E-state index in [0.717, 1.165) is 19.4 Å². The van der Waals surface area contributed by atoms with Gasteiger partial charge in [-0.15, -0.1) is 12.4 Å².